The van der Waals surface area contributed by atoms with E-state index in [0.29, 0.717) is 32.1 Å². The molecule has 0 aliphatic rings. The molecule has 136 valence electrons. The van der Waals surface area contributed by atoms with Crippen molar-refractivity contribution in [1.82, 2.24) is 5.32 Å². The lowest BCUT2D eigenvalue weighted by atomic mass is 10.1. The van der Waals surface area contributed by atoms with Crippen molar-refractivity contribution in [2.24, 2.45) is 0 Å². The van der Waals surface area contributed by atoms with Crippen LogP contribution in [0.15, 0.2) is 42.5 Å². The highest BCUT2D eigenvalue weighted by Gasteiger charge is 2.11. The molecule has 0 bridgehead atoms. The maximum atomic E-state index is 12.4. The molecule has 0 atom stereocenters. The van der Waals surface area contributed by atoms with Gasteiger partial charge in [-0.05, 0) is 35.7 Å². The summed E-state index contributed by atoms with van der Waals surface area (Å²) in [4.78, 5) is 0. The summed E-state index contributed by atoms with van der Waals surface area (Å²) < 4.78 is 39.8. The third kappa shape index (κ3) is 6.32. The molecule has 0 aliphatic heterocycles. The van der Waals surface area contributed by atoms with Crippen LogP contribution in [0, 0.1) is 0 Å². The van der Waals surface area contributed by atoms with Crippen LogP contribution in [0.4, 0.5) is 8.78 Å². The molecule has 0 radical (unpaired) electrons. The molecule has 2 aromatic rings. The summed E-state index contributed by atoms with van der Waals surface area (Å²) in [6.07, 6.45) is 0. The zero-order valence-electron chi connectivity index (χ0n) is 14.4. The molecule has 1 N–H and O–H groups in total. The summed E-state index contributed by atoms with van der Waals surface area (Å²) in [6.45, 7) is 1.16. The van der Waals surface area contributed by atoms with Gasteiger partial charge < -0.3 is 19.5 Å². The number of methoxy groups -OCH3 is 1. The summed E-state index contributed by atoms with van der Waals surface area (Å²) in [6, 6.07) is 13.1. The number of hydrogen-bond donors (Lipinski definition) is 1. The molecule has 0 heterocycles. The molecule has 6 heteroatoms. The molecule has 0 saturated carbocycles. The highest BCUT2D eigenvalue weighted by atomic mass is 19.3. The van der Waals surface area contributed by atoms with Crippen molar-refractivity contribution >= 4 is 0 Å². The van der Waals surface area contributed by atoms with E-state index >= 15 is 0 Å². The minimum atomic E-state index is -2.87. The van der Waals surface area contributed by atoms with Crippen molar-refractivity contribution in [3.8, 4) is 11.5 Å². The third-order valence-electron chi connectivity index (χ3n) is 3.48. The van der Waals surface area contributed by atoms with Crippen molar-refractivity contribution in [2.45, 2.75) is 33.2 Å². The Bertz CT molecular complexity index is 665. The molecule has 25 heavy (non-hydrogen) atoms. The molecular weight excluding hydrogens is 328 g/mol. The number of alkyl halides is 2. The summed E-state index contributed by atoms with van der Waals surface area (Å²) in [7, 11) is 1.67. The molecule has 0 saturated heterocycles. The Labute approximate surface area is 146 Å². The molecule has 0 amide bonds. The second kappa shape index (κ2) is 9.96. The number of ether oxygens (including phenoxy) is 3. The van der Waals surface area contributed by atoms with Gasteiger partial charge in [0.15, 0.2) is 11.5 Å². The lowest BCUT2D eigenvalue weighted by Crippen LogP contribution is -2.13. The van der Waals surface area contributed by atoms with Gasteiger partial charge in [-0.15, -0.1) is 0 Å². The number of nitrogens with one attached hydrogen (secondary N) is 1. The van der Waals surface area contributed by atoms with Crippen LogP contribution < -0.4 is 14.8 Å². The molecule has 0 aliphatic carbocycles. The van der Waals surface area contributed by atoms with Crippen LogP contribution in [0.25, 0.3) is 0 Å². The normalized spacial score (nSPS) is 10.9. The van der Waals surface area contributed by atoms with E-state index in [9.17, 15) is 8.78 Å². The maximum Gasteiger partial charge on any atom is 0.387 e. The number of halogens is 2. The van der Waals surface area contributed by atoms with E-state index in [0.717, 1.165) is 16.7 Å². The Kier molecular flexibility index (Phi) is 7.63. The van der Waals surface area contributed by atoms with Crippen LogP contribution in [0.3, 0.4) is 0 Å². The second-order valence-corrected chi connectivity index (χ2v) is 5.45. The van der Waals surface area contributed by atoms with Gasteiger partial charge in [0.05, 0.1) is 13.2 Å². The van der Waals surface area contributed by atoms with Gasteiger partial charge in [-0.25, -0.2) is 0 Å². The predicted molar refractivity (Wildman–Crippen MR) is 91.9 cm³/mol. The topological polar surface area (TPSA) is 39.7 Å². The third-order valence-corrected chi connectivity index (χ3v) is 3.48. The zero-order chi connectivity index (χ0) is 18.1. The Balaban J connectivity index is 1.96. The van der Waals surface area contributed by atoms with Crippen molar-refractivity contribution in [1.29, 1.82) is 0 Å². The molecule has 2 rings (SSSR count). The van der Waals surface area contributed by atoms with Crippen LogP contribution in [0.2, 0.25) is 0 Å². The molecule has 4 nitrogen and oxygen atoms in total. The van der Waals surface area contributed by atoms with Crippen LogP contribution in [0.5, 0.6) is 11.5 Å². The highest BCUT2D eigenvalue weighted by molar-refractivity contribution is 5.43. The monoisotopic (exact) mass is 351 g/mol. The van der Waals surface area contributed by atoms with Crippen LogP contribution in [-0.4, -0.2) is 20.3 Å². The first-order valence-electron chi connectivity index (χ1n) is 8.10. The summed E-state index contributed by atoms with van der Waals surface area (Å²) in [5.74, 6) is 0.372. The van der Waals surface area contributed by atoms with Crippen LogP contribution >= 0.6 is 0 Å². The van der Waals surface area contributed by atoms with Gasteiger partial charge in [0.25, 0.3) is 0 Å². The molecule has 0 unspecified atom stereocenters. The molecule has 0 fully saturated rings. The minimum Gasteiger partial charge on any atom is -0.490 e. The Morgan fingerprint density at radius 1 is 0.960 bits per heavy atom. The number of benzene rings is 2. The average Bonchev–Trinajstić information content (AvgIpc) is 2.58. The highest BCUT2D eigenvalue weighted by Crippen LogP contribution is 2.29. The summed E-state index contributed by atoms with van der Waals surface area (Å²) in [5, 5.41) is 3.33. The Morgan fingerprint density at radius 3 is 2.36 bits per heavy atom. The Hall–Kier alpha value is -2.18. The molecule has 0 spiro atoms. The fourth-order valence-corrected chi connectivity index (χ4v) is 2.47. The van der Waals surface area contributed by atoms with Gasteiger partial charge in [0.1, 0.15) is 0 Å². The van der Waals surface area contributed by atoms with E-state index < -0.39 is 6.61 Å². The van der Waals surface area contributed by atoms with E-state index in [4.69, 9.17) is 9.47 Å². The van der Waals surface area contributed by atoms with Crippen molar-refractivity contribution in [3.05, 3.63) is 59.2 Å². The Morgan fingerprint density at radius 2 is 1.68 bits per heavy atom. The first-order valence-corrected chi connectivity index (χ1v) is 8.10. The zero-order valence-corrected chi connectivity index (χ0v) is 14.4. The quantitative estimate of drug-likeness (QED) is 0.699. The standard InChI is InChI=1S/C19H23F2NO3/c1-3-24-18-10-15(7-8-17(18)25-19(20)21)12-22-11-14-5-4-6-16(9-14)13-23-2/h4-10,19,22H,3,11-13H2,1-2H3. The SMILES string of the molecule is CCOc1cc(CNCc2cccc(COC)c2)ccc1OC(F)F. The smallest absolute Gasteiger partial charge is 0.387 e. The van der Waals surface area contributed by atoms with Crippen LogP contribution in [0.1, 0.15) is 23.6 Å². The van der Waals surface area contributed by atoms with Gasteiger partial charge in [-0.1, -0.05) is 30.3 Å². The van der Waals surface area contributed by atoms with E-state index in [-0.39, 0.29) is 5.75 Å². The van der Waals surface area contributed by atoms with Gasteiger partial charge in [-0.3, -0.25) is 0 Å². The van der Waals surface area contributed by atoms with Crippen molar-refractivity contribution < 1.29 is 23.0 Å². The lowest BCUT2D eigenvalue weighted by molar-refractivity contribution is -0.0514. The molecular formula is C19H23F2NO3. The molecule has 2 aromatic carbocycles. The van der Waals surface area contributed by atoms with E-state index in [1.807, 2.05) is 18.2 Å². The first kappa shape index (κ1) is 19.1. The van der Waals surface area contributed by atoms with Crippen molar-refractivity contribution in [3.63, 3.8) is 0 Å². The largest absolute Gasteiger partial charge is 0.490 e. The first-order chi connectivity index (χ1) is 12.1. The summed E-state index contributed by atoms with van der Waals surface area (Å²) >= 11 is 0. The maximum absolute atomic E-state index is 12.4. The van der Waals surface area contributed by atoms with Gasteiger partial charge >= 0.3 is 6.61 Å². The molecule has 0 aromatic heterocycles. The van der Waals surface area contributed by atoms with E-state index in [1.54, 1.807) is 26.2 Å². The summed E-state index contributed by atoms with van der Waals surface area (Å²) in [5.41, 5.74) is 3.20. The van der Waals surface area contributed by atoms with E-state index in [1.165, 1.54) is 6.07 Å². The lowest BCUT2D eigenvalue weighted by Gasteiger charge is -2.13. The second-order valence-electron chi connectivity index (χ2n) is 5.45. The van der Waals surface area contributed by atoms with Gasteiger partial charge in [0.2, 0.25) is 0 Å². The van der Waals surface area contributed by atoms with E-state index in [2.05, 4.69) is 16.1 Å². The fourth-order valence-electron chi connectivity index (χ4n) is 2.47. The van der Waals surface area contributed by atoms with Crippen molar-refractivity contribution in [2.75, 3.05) is 13.7 Å². The number of rotatable bonds is 10. The van der Waals surface area contributed by atoms with Gasteiger partial charge in [0, 0.05) is 20.2 Å². The number of hydrogen-bond acceptors (Lipinski definition) is 4. The minimum absolute atomic E-state index is 0.0490. The fraction of sp³-hybridized carbons (Fsp3) is 0.368. The predicted octanol–water partition coefficient (Wildman–Crippen LogP) is 4.12. The average molecular weight is 351 g/mol. The van der Waals surface area contributed by atoms with Crippen LogP contribution in [-0.2, 0) is 24.4 Å². The van der Waals surface area contributed by atoms with Gasteiger partial charge in [-0.2, -0.15) is 8.78 Å².